The summed E-state index contributed by atoms with van der Waals surface area (Å²) in [6.45, 7) is -1.68. The normalized spacial score (nSPS) is 17.8. The van der Waals surface area contributed by atoms with Gasteiger partial charge in [0.2, 0.25) is 0 Å². The van der Waals surface area contributed by atoms with Gasteiger partial charge >= 0.3 is 13.8 Å². The maximum absolute atomic E-state index is 10.6. The van der Waals surface area contributed by atoms with Crippen molar-refractivity contribution in [3.8, 4) is 0 Å². The molecule has 0 aliphatic carbocycles. The molecule has 13 heavy (non-hydrogen) atoms. The number of hydrogen-bond acceptors (Lipinski definition) is 6. The zero-order valence-corrected chi connectivity index (χ0v) is 7.39. The predicted molar refractivity (Wildman–Crippen MR) is 39.6 cm³/mol. The number of nitrogens with two attached hydrogens (primary N) is 1. The van der Waals surface area contributed by atoms with Crippen LogP contribution in [-0.2, 0) is 18.4 Å². The largest absolute Gasteiger partial charge is 0.480 e. The first kappa shape index (κ1) is 12.5. The molecule has 78 valence electrons. The fourth-order valence-electron chi connectivity index (χ4n) is 0.356. The van der Waals surface area contributed by atoms with Gasteiger partial charge in [0.15, 0.2) is 6.79 Å². The number of aliphatic hydroxyl groups excluding tert-OH is 1. The summed E-state index contributed by atoms with van der Waals surface area (Å²) in [6.07, 6.45) is 0. The van der Waals surface area contributed by atoms with Gasteiger partial charge in [0, 0.05) is 0 Å². The van der Waals surface area contributed by atoms with Crippen LogP contribution in [0.15, 0.2) is 0 Å². The van der Waals surface area contributed by atoms with Crippen LogP contribution in [0.1, 0.15) is 0 Å². The molecule has 8 nitrogen and oxygen atoms in total. The van der Waals surface area contributed by atoms with Gasteiger partial charge < -0.3 is 20.8 Å². The zero-order chi connectivity index (χ0) is 10.5. The van der Waals surface area contributed by atoms with E-state index in [4.69, 9.17) is 20.8 Å². The molecule has 0 rings (SSSR count). The number of phosphoric ester groups is 1. The lowest BCUT2D eigenvalue weighted by molar-refractivity contribution is -0.139. The summed E-state index contributed by atoms with van der Waals surface area (Å²) >= 11 is 0. The molecule has 0 amide bonds. The third-order valence-corrected chi connectivity index (χ3v) is 1.87. The summed E-state index contributed by atoms with van der Waals surface area (Å²) < 4.78 is 18.6. The highest BCUT2D eigenvalue weighted by Gasteiger charge is 2.23. The lowest BCUT2D eigenvalue weighted by Crippen LogP contribution is -2.34. The summed E-state index contributed by atoms with van der Waals surface area (Å²) in [5.41, 5.74) is 4.95. The van der Waals surface area contributed by atoms with Crippen LogP contribution in [0.25, 0.3) is 0 Å². The van der Waals surface area contributed by atoms with E-state index in [0.717, 1.165) is 0 Å². The van der Waals surface area contributed by atoms with E-state index in [0.29, 0.717) is 0 Å². The summed E-state index contributed by atoms with van der Waals surface area (Å²) in [5, 5.41) is 16.3. The van der Waals surface area contributed by atoms with E-state index in [2.05, 4.69) is 9.05 Å². The molecule has 9 heteroatoms. The van der Waals surface area contributed by atoms with E-state index >= 15 is 0 Å². The van der Waals surface area contributed by atoms with E-state index in [-0.39, 0.29) is 0 Å². The second kappa shape index (κ2) is 5.28. The van der Waals surface area contributed by atoms with Crippen LogP contribution in [0.4, 0.5) is 0 Å². The Morgan fingerprint density at radius 2 is 2.08 bits per heavy atom. The average molecular weight is 215 g/mol. The fourth-order valence-corrected chi connectivity index (χ4v) is 0.925. The van der Waals surface area contributed by atoms with E-state index in [1.54, 1.807) is 0 Å². The van der Waals surface area contributed by atoms with Gasteiger partial charge in [0.1, 0.15) is 6.04 Å². The molecular formula is C4H10NO7P. The molecule has 0 saturated carbocycles. The van der Waals surface area contributed by atoms with Gasteiger partial charge in [-0.05, 0) is 0 Å². The standard InChI is InChI=1S/C4H10NO7P/c5-3(4(7)8)1-11-13(9,10)12-2-6/h3,6H,1-2,5H2,(H,7,8)(H,9,10)/t3-/m0/s1. The molecule has 0 aliphatic rings. The second-order valence-electron chi connectivity index (χ2n) is 1.97. The molecule has 1 unspecified atom stereocenters. The van der Waals surface area contributed by atoms with Crippen molar-refractivity contribution in [3.05, 3.63) is 0 Å². The predicted octanol–water partition coefficient (Wildman–Crippen LogP) is -1.52. The molecule has 0 aliphatic heterocycles. The Hall–Kier alpha value is -0.500. The van der Waals surface area contributed by atoms with Gasteiger partial charge in [-0.15, -0.1) is 0 Å². The maximum Gasteiger partial charge on any atom is 0.474 e. The van der Waals surface area contributed by atoms with Gasteiger partial charge in [-0.3, -0.25) is 13.8 Å². The molecule has 5 N–H and O–H groups in total. The monoisotopic (exact) mass is 215 g/mol. The third kappa shape index (κ3) is 5.69. The molecule has 2 atom stereocenters. The van der Waals surface area contributed by atoms with Crippen LogP contribution in [-0.4, -0.2) is 40.5 Å². The van der Waals surface area contributed by atoms with Crippen molar-refractivity contribution in [2.45, 2.75) is 6.04 Å². The minimum absolute atomic E-state index is 0.677. The SMILES string of the molecule is N[C@@H](COP(=O)(O)OCO)C(=O)O. The number of carboxylic acids is 1. The second-order valence-corrected chi connectivity index (χ2v) is 3.42. The molecule has 0 saturated heterocycles. The first-order chi connectivity index (χ1) is 5.89. The van der Waals surface area contributed by atoms with Crippen LogP contribution >= 0.6 is 7.82 Å². The van der Waals surface area contributed by atoms with E-state index in [1.807, 2.05) is 0 Å². The number of carboxylic acid groups (broad SMARTS) is 1. The number of hydrogen-bond donors (Lipinski definition) is 4. The van der Waals surface area contributed by atoms with Gasteiger partial charge in [0.25, 0.3) is 0 Å². The molecule has 0 radical (unpaired) electrons. The Kier molecular flexibility index (Phi) is 5.07. The molecule has 0 fully saturated rings. The first-order valence-corrected chi connectivity index (χ1v) is 4.59. The van der Waals surface area contributed by atoms with Gasteiger partial charge in [-0.25, -0.2) is 4.57 Å². The first-order valence-electron chi connectivity index (χ1n) is 3.10. The van der Waals surface area contributed by atoms with Crippen LogP contribution in [0, 0.1) is 0 Å². The van der Waals surface area contributed by atoms with E-state index in [9.17, 15) is 9.36 Å². The van der Waals surface area contributed by atoms with Crippen molar-refractivity contribution in [3.63, 3.8) is 0 Å². The number of aliphatic hydroxyl groups is 1. The molecule has 0 heterocycles. The summed E-state index contributed by atoms with van der Waals surface area (Å²) in [7, 11) is -4.38. The maximum atomic E-state index is 10.6. The van der Waals surface area contributed by atoms with E-state index < -0.39 is 33.2 Å². The fraction of sp³-hybridized carbons (Fsp3) is 0.750. The highest BCUT2D eigenvalue weighted by atomic mass is 31.2. The summed E-state index contributed by atoms with van der Waals surface area (Å²) in [6, 6.07) is -1.41. The lowest BCUT2D eigenvalue weighted by atomic mass is 10.3. The summed E-state index contributed by atoms with van der Waals surface area (Å²) in [5.74, 6) is -1.37. The summed E-state index contributed by atoms with van der Waals surface area (Å²) in [4.78, 5) is 18.8. The zero-order valence-electron chi connectivity index (χ0n) is 6.49. The van der Waals surface area contributed by atoms with E-state index in [1.165, 1.54) is 0 Å². The van der Waals surface area contributed by atoms with Crippen LogP contribution in [0.2, 0.25) is 0 Å². The highest BCUT2D eigenvalue weighted by molar-refractivity contribution is 7.47. The quantitative estimate of drug-likeness (QED) is 0.309. The van der Waals surface area contributed by atoms with Crippen molar-refractivity contribution in [1.29, 1.82) is 0 Å². The molecule has 0 aromatic heterocycles. The highest BCUT2D eigenvalue weighted by Crippen LogP contribution is 2.42. The van der Waals surface area contributed by atoms with Gasteiger partial charge in [-0.2, -0.15) is 0 Å². The molecule has 0 bridgehead atoms. The minimum atomic E-state index is -4.38. The van der Waals surface area contributed by atoms with Crippen LogP contribution in [0.3, 0.4) is 0 Å². The Balaban J connectivity index is 3.87. The smallest absolute Gasteiger partial charge is 0.474 e. The Labute approximate surface area is 73.5 Å². The van der Waals surface area contributed by atoms with Crippen LogP contribution in [0.5, 0.6) is 0 Å². The molecular weight excluding hydrogens is 205 g/mol. The number of rotatable bonds is 6. The van der Waals surface area contributed by atoms with Crippen molar-refractivity contribution in [1.82, 2.24) is 0 Å². The van der Waals surface area contributed by atoms with Crippen molar-refractivity contribution in [2.24, 2.45) is 5.73 Å². The molecule has 0 spiro atoms. The number of carbonyl (C=O) groups is 1. The Morgan fingerprint density at radius 1 is 1.54 bits per heavy atom. The average Bonchev–Trinajstić information content (AvgIpc) is 2.00. The third-order valence-electron chi connectivity index (χ3n) is 0.955. The van der Waals surface area contributed by atoms with Crippen molar-refractivity contribution in [2.75, 3.05) is 13.4 Å². The van der Waals surface area contributed by atoms with Gasteiger partial charge in [0.05, 0.1) is 6.61 Å². The minimum Gasteiger partial charge on any atom is -0.480 e. The topological polar surface area (TPSA) is 139 Å². The lowest BCUT2D eigenvalue weighted by Gasteiger charge is -2.11. The van der Waals surface area contributed by atoms with Crippen molar-refractivity contribution < 1.29 is 33.5 Å². The van der Waals surface area contributed by atoms with Crippen molar-refractivity contribution >= 4 is 13.8 Å². The molecule has 0 aromatic rings. The Bertz CT molecular complexity index is 219. The number of aliphatic carboxylic acids is 1. The Morgan fingerprint density at radius 3 is 2.46 bits per heavy atom. The van der Waals surface area contributed by atoms with Crippen LogP contribution < -0.4 is 5.73 Å². The molecule has 0 aromatic carbocycles. The number of phosphoric acid groups is 1. The van der Waals surface area contributed by atoms with Gasteiger partial charge in [-0.1, -0.05) is 0 Å².